The minimum absolute atomic E-state index is 0.0302. The predicted octanol–water partition coefficient (Wildman–Crippen LogP) is 1.84. The van der Waals surface area contributed by atoms with Crippen molar-refractivity contribution in [3.63, 3.8) is 0 Å². The molecule has 0 bridgehead atoms. The van der Waals surface area contributed by atoms with Crippen LogP contribution in [-0.4, -0.2) is 18.5 Å². The van der Waals surface area contributed by atoms with Gasteiger partial charge >= 0.3 is 0 Å². The first-order valence-electron chi connectivity index (χ1n) is 5.67. The zero-order valence-electron chi connectivity index (χ0n) is 9.86. The van der Waals surface area contributed by atoms with E-state index in [1.165, 1.54) is 5.56 Å². The number of hydrogen-bond donors (Lipinski definition) is 1. The van der Waals surface area contributed by atoms with E-state index in [-0.39, 0.29) is 5.91 Å². The summed E-state index contributed by atoms with van der Waals surface area (Å²) in [6.45, 7) is 2.03. The molecule has 0 heterocycles. The second kappa shape index (κ2) is 3.91. The minimum Gasteiger partial charge on any atom is -0.317 e. The number of amides is 1. The van der Waals surface area contributed by atoms with Crippen molar-refractivity contribution in [3.8, 4) is 0 Å². The highest BCUT2D eigenvalue weighted by Gasteiger charge is 2.42. The van der Waals surface area contributed by atoms with E-state index in [2.05, 4.69) is 0 Å². The summed E-state index contributed by atoms with van der Waals surface area (Å²) in [4.78, 5) is 13.8. The molecule has 0 radical (unpaired) electrons. The van der Waals surface area contributed by atoms with Gasteiger partial charge in [0.15, 0.2) is 0 Å². The summed E-state index contributed by atoms with van der Waals surface area (Å²) in [6.07, 6.45) is 2.67. The molecule has 16 heavy (non-hydrogen) atoms. The van der Waals surface area contributed by atoms with Gasteiger partial charge in [-0.3, -0.25) is 4.79 Å². The molecule has 0 saturated heterocycles. The number of carbonyl (C=O) groups excluding carboxylic acids is 1. The van der Waals surface area contributed by atoms with Crippen LogP contribution in [0.25, 0.3) is 0 Å². The van der Waals surface area contributed by atoms with Gasteiger partial charge in [-0.05, 0) is 38.3 Å². The van der Waals surface area contributed by atoms with Gasteiger partial charge in [0.1, 0.15) is 0 Å². The molecule has 0 atom stereocenters. The maximum atomic E-state index is 12.1. The fraction of sp³-hybridized carbons (Fsp3) is 0.462. The number of nitrogens with two attached hydrogens (primary N) is 1. The van der Waals surface area contributed by atoms with E-state index in [4.69, 9.17) is 5.73 Å². The number of benzene rings is 1. The summed E-state index contributed by atoms with van der Waals surface area (Å²) in [6, 6.07) is 7.91. The number of aryl methyl sites for hydroxylation is 1. The van der Waals surface area contributed by atoms with Crippen LogP contribution >= 0.6 is 0 Å². The highest BCUT2D eigenvalue weighted by molar-refractivity contribution is 6.00. The second-order valence-electron chi connectivity index (χ2n) is 4.71. The van der Waals surface area contributed by atoms with Crippen LogP contribution in [0.2, 0.25) is 0 Å². The van der Waals surface area contributed by atoms with E-state index in [0.29, 0.717) is 0 Å². The Bertz CT molecular complexity index is 393. The van der Waals surface area contributed by atoms with E-state index in [0.717, 1.165) is 24.9 Å². The molecule has 86 valence electrons. The van der Waals surface area contributed by atoms with Gasteiger partial charge in [-0.15, -0.1) is 0 Å². The number of likely N-dealkylation sites (N-methyl/N-ethyl adjacent to an activating group) is 1. The van der Waals surface area contributed by atoms with Crippen LogP contribution in [0.15, 0.2) is 24.3 Å². The molecule has 0 aromatic heterocycles. The Kier molecular flexibility index (Phi) is 2.72. The molecule has 2 N–H and O–H groups in total. The molecule has 3 nitrogen and oxygen atoms in total. The van der Waals surface area contributed by atoms with E-state index < -0.39 is 5.54 Å². The van der Waals surface area contributed by atoms with E-state index in [1.54, 1.807) is 11.9 Å². The van der Waals surface area contributed by atoms with Gasteiger partial charge in [-0.2, -0.15) is 0 Å². The highest BCUT2D eigenvalue weighted by Crippen LogP contribution is 2.31. The first kappa shape index (κ1) is 11.1. The van der Waals surface area contributed by atoms with Crippen LogP contribution in [-0.2, 0) is 4.79 Å². The summed E-state index contributed by atoms with van der Waals surface area (Å²) in [5.74, 6) is 0.0302. The van der Waals surface area contributed by atoms with Gasteiger partial charge < -0.3 is 10.6 Å². The Morgan fingerprint density at radius 3 is 2.31 bits per heavy atom. The van der Waals surface area contributed by atoms with Crippen LogP contribution in [0, 0.1) is 6.92 Å². The third kappa shape index (κ3) is 1.83. The van der Waals surface area contributed by atoms with Crippen molar-refractivity contribution in [2.24, 2.45) is 5.73 Å². The second-order valence-corrected chi connectivity index (χ2v) is 4.71. The van der Waals surface area contributed by atoms with Crippen molar-refractivity contribution < 1.29 is 4.79 Å². The van der Waals surface area contributed by atoms with Crippen LogP contribution in [0.4, 0.5) is 5.69 Å². The topological polar surface area (TPSA) is 46.3 Å². The molecular weight excluding hydrogens is 200 g/mol. The van der Waals surface area contributed by atoms with Gasteiger partial charge in [-0.25, -0.2) is 0 Å². The van der Waals surface area contributed by atoms with Crippen molar-refractivity contribution in [1.82, 2.24) is 0 Å². The van der Waals surface area contributed by atoms with Gasteiger partial charge in [0.2, 0.25) is 5.91 Å². The molecule has 2 rings (SSSR count). The van der Waals surface area contributed by atoms with E-state index >= 15 is 0 Å². The summed E-state index contributed by atoms with van der Waals surface area (Å²) in [5.41, 5.74) is 7.51. The Morgan fingerprint density at radius 2 is 1.88 bits per heavy atom. The predicted molar refractivity (Wildman–Crippen MR) is 65.4 cm³/mol. The average Bonchev–Trinajstić information content (AvgIpc) is 2.25. The Morgan fingerprint density at radius 1 is 1.31 bits per heavy atom. The Labute approximate surface area is 96.2 Å². The smallest absolute Gasteiger partial charge is 0.246 e. The number of anilines is 1. The van der Waals surface area contributed by atoms with E-state index in [9.17, 15) is 4.79 Å². The third-order valence-corrected chi connectivity index (χ3v) is 3.40. The van der Waals surface area contributed by atoms with Crippen LogP contribution in [0.1, 0.15) is 24.8 Å². The van der Waals surface area contributed by atoms with Crippen molar-refractivity contribution in [3.05, 3.63) is 29.8 Å². The lowest BCUT2D eigenvalue weighted by molar-refractivity contribution is -0.126. The van der Waals surface area contributed by atoms with Crippen molar-refractivity contribution in [2.45, 2.75) is 31.7 Å². The zero-order chi connectivity index (χ0) is 11.8. The lowest BCUT2D eigenvalue weighted by atomic mass is 9.76. The molecule has 1 amide bonds. The maximum Gasteiger partial charge on any atom is 0.246 e. The average molecular weight is 218 g/mol. The number of carbonyl (C=O) groups is 1. The SMILES string of the molecule is Cc1ccc(N(C)C(=O)C2(N)CCC2)cc1. The van der Waals surface area contributed by atoms with Crippen LogP contribution in [0.3, 0.4) is 0 Å². The summed E-state index contributed by atoms with van der Waals surface area (Å²) >= 11 is 0. The molecule has 1 fully saturated rings. The molecule has 1 aliphatic rings. The Balaban J connectivity index is 2.15. The maximum absolute atomic E-state index is 12.1. The summed E-state index contributed by atoms with van der Waals surface area (Å²) < 4.78 is 0. The monoisotopic (exact) mass is 218 g/mol. The van der Waals surface area contributed by atoms with Crippen molar-refractivity contribution in [1.29, 1.82) is 0 Å². The van der Waals surface area contributed by atoms with Crippen molar-refractivity contribution in [2.75, 3.05) is 11.9 Å². The van der Waals surface area contributed by atoms with Crippen LogP contribution in [0.5, 0.6) is 0 Å². The Hall–Kier alpha value is -1.35. The van der Waals surface area contributed by atoms with Crippen molar-refractivity contribution >= 4 is 11.6 Å². The third-order valence-electron chi connectivity index (χ3n) is 3.40. The summed E-state index contributed by atoms with van der Waals surface area (Å²) in [5, 5.41) is 0. The highest BCUT2D eigenvalue weighted by atomic mass is 16.2. The lowest BCUT2D eigenvalue weighted by Gasteiger charge is -2.39. The first-order chi connectivity index (χ1) is 7.53. The van der Waals surface area contributed by atoms with Crippen LogP contribution < -0.4 is 10.6 Å². The fourth-order valence-corrected chi connectivity index (χ4v) is 1.99. The molecule has 0 spiro atoms. The zero-order valence-corrected chi connectivity index (χ0v) is 9.86. The number of hydrogen-bond acceptors (Lipinski definition) is 2. The molecule has 0 unspecified atom stereocenters. The summed E-state index contributed by atoms with van der Waals surface area (Å²) in [7, 11) is 1.79. The quantitative estimate of drug-likeness (QED) is 0.823. The number of rotatable bonds is 2. The van der Waals surface area contributed by atoms with E-state index in [1.807, 2.05) is 31.2 Å². The van der Waals surface area contributed by atoms with Gasteiger partial charge in [0, 0.05) is 12.7 Å². The number of nitrogens with zero attached hydrogens (tertiary/aromatic N) is 1. The molecule has 1 aromatic rings. The van der Waals surface area contributed by atoms with Gasteiger partial charge in [0.05, 0.1) is 5.54 Å². The molecule has 1 aliphatic carbocycles. The normalized spacial score (nSPS) is 17.7. The molecule has 0 aliphatic heterocycles. The standard InChI is InChI=1S/C13H18N2O/c1-10-4-6-11(7-5-10)15(2)12(16)13(14)8-3-9-13/h4-7H,3,8-9,14H2,1-2H3. The molecule has 1 aromatic carbocycles. The first-order valence-corrected chi connectivity index (χ1v) is 5.67. The largest absolute Gasteiger partial charge is 0.317 e. The van der Waals surface area contributed by atoms with Gasteiger partial charge in [0.25, 0.3) is 0 Å². The molecular formula is C13H18N2O. The molecule has 3 heteroatoms. The van der Waals surface area contributed by atoms with Gasteiger partial charge in [-0.1, -0.05) is 17.7 Å². The fourth-order valence-electron chi connectivity index (χ4n) is 1.99. The minimum atomic E-state index is -0.611. The molecule has 1 saturated carbocycles. The lowest BCUT2D eigenvalue weighted by Crippen LogP contribution is -2.59.